The maximum absolute atomic E-state index is 16.8. The molecule has 0 bridgehead atoms. The molecule has 2 unspecified atom stereocenters. The molecule has 66 heavy (non-hydrogen) atoms. The highest BCUT2D eigenvalue weighted by atomic mass is 19.1. The molecule has 0 saturated heterocycles. The number of aryl methyl sites for hydroxylation is 2. The van der Waals surface area contributed by atoms with Gasteiger partial charge in [-0.15, -0.1) is 0 Å². The lowest BCUT2D eigenvalue weighted by atomic mass is 9.85. The largest absolute Gasteiger partial charge is 0.479 e. The number of halogens is 1. The number of hydrogen-bond acceptors (Lipinski definition) is 11. The van der Waals surface area contributed by atoms with Crippen LogP contribution in [0.25, 0.3) is 10.9 Å². The number of anilines is 1. The molecule has 5 aromatic rings. The molecule has 0 saturated carbocycles. The van der Waals surface area contributed by atoms with Crippen molar-refractivity contribution < 1.29 is 52.8 Å². The lowest BCUT2D eigenvalue weighted by Gasteiger charge is -2.32. The number of hydrogen-bond donors (Lipinski definition) is 4. The number of nitrogens with one attached hydrogen (secondary N) is 2. The molecule has 1 aliphatic rings. The topological polar surface area (TPSA) is 224 Å². The van der Waals surface area contributed by atoms with E-state index in [1.165, 1.54) is 54.1 Å². The predicted molar refractivity (Wildman–Crippen MR) is 240 cm³/mol. The monoisotopic (exact) mass is 905 g/mol. The average molecular weight is 906 g/mol. The predicted octanol–water partition coefficient (Wildman–Crippen LogP) is 5.75. The Bertz CT molecular complexity index is 2750. The molecule has 6 rings (SSSR count). The van der Waals surface area contributed by atoms with E-state index in [-0.39, 0.29) is 36.2 Å². The lowest BCUT2D eigenvalue weighted by molar-refractivity contribution is -0.157. The first-order chi connectivity index (χ1) is 31.2. The Morgan fingerprint density at radius 1 is 0.955 bits per heavy atom. The van der Waals surface area contributed by atoms with Crippen molar-refractivity contribution in [2.24, 2.45) is 5.41 Å². The summed E-state index contributed by atoms with van der Waals surface area (Å²) in [5, 5.41) is 26.0. The number of carboxylic acids is 2. The number of nitrogens with zero attached hydrogens (tertiary/aromatic N) is 3. The molecule has 16 nitrogen and oxygen atoms in total. The normalized spacial score (nSPS) is 14.6. The van der Waals surface area contributed by atoms with E-state index in [1.54, 1.807) is 76.0 Å². The van der Waals surface area contributed by atoms with Crippen molar-refractivity contribution in [2.45, 2.75) is 90.6 Å². The minimum atomic E-state index is -2.17. The van der Waals surface area contributed by atoms with Gasteiger partial charge in [-0.1, -0.05) is 60.7 Å². The van der Waals surface area contributed by atoms with Crippen molar-refractivity contribution >= 4 is 52.3 Å². The van der Waals surface area contributed by atoms with Gasteiger partial charge < -0.3 is 35.2 Å². The van der Waals surface area contributed by atoms with E-state index >= 15 is 4.39 Å². The Balaban J connectivity index is 1.24. The smallest absolute Gasteiger partial charge is 0.330 e. The maximum atomic E-state index is 16.8. The summed E-state index contributed by atoms with van der Waals surface area (Å²) < 4.78 is 28.1. The van der Waals surface area contributed by atoms with Crippen molar-refractivity contribution in [3.63, 3.8) is 0 Å². The zero-order valence-corrected chi connectivity index (χ0v) is 37.5. The number of amides is 2. The molecule has 0 fully saturated rings. The summed E-state index contributed by atoms with van der Waals surface area (Å²) in [6, 6.07) is 20.0. The number of aliphatic carboxylic acids is 2. The fourth-order valence-electron chi connectivity index (χ4n) is 8.02. The van der Waals surface area contributed by atoms with Gasteiger partial charge >= 0.3 is 23.9 Å². The molecule has 2 amide bonds. The number of benzene rings is 4. The Morgan fingerprint density at radius 3 is 2.29 bits per heavy atom. The Morgan fingerprint density at radius 2 is 1.65 bits per heavy atom. The van der Waals surface area contributed by atoms with Crippen LogP contribution in [0.1, 0.15) is 96.1 Å². The van der Waals surface area contributed by atoms with Crippen LogP contribution in [-0.4, -0.2) is 75.2 Å². The Kier molecular flexibility index (Phi) is 14.4. The number of fused-ring (bicyclic) bond motifs is 2. The van der Waals surface area contributed by atoms with Crippen molar-refractivity contribution in [3.8, 4) is 0 Å². The van der Waals surface area contributed by atoms with Crippen LogP contribution in [0.15, 0.2) is 89.7 Å². The van der Waals surface area contributed by atoms with E-state index in [9.17, 15) is 43.8 Å². The second-order valence-corrected chi connectivity index (χ2v) is 17.4. The van der Waals surface area contributed by atoms with Gasteiger partial charge in [0.05, 0.1) is 47.1 Å². The maximum Gasteiger partial charge on any atom is 0.330 e. The van der Waals surface area contributed by atoms with Gasteiger partial charge in [0.15, 0.2) is 18.6 Å². The van der Waals surface area contributed by atoms with Crippen molar-refractivity contribution in [1.82, 2.24) is 20.2 Å². The first-order valence-electron chi connectivity index (χ1n) is 21.2. The molecule has 1 aliphatic carbocycles. The van der Waals surface area contributed by atoms with Gasteiger partial charge in [-0.05, 0) is 99.0 Å². The van der Waals surface area contributed by atoms with E-state index in [4.69, 9.17) is 4.74 Å². The molecular weight excluding hydrogens is 854 g/mol. The van der Waals surface area contributed by atoms with Crippen LogP contribution >= 0.6 is 0 Å². The molecular formula is C49H52FN5O11. The summed E-state index contributed by atoms with van der Waals surface area (Å²) in [5.74, 6) is -6.36. The van der Waals surface area contributed by atoms with Crippen molar-refractivity contribution in [2.75, 3.05) is 19.1 Å². The van der Waals surface area contributed by atoms with Crippen molar-refractivity contribution in [1.29, 1.82) is 0 Å². The summed E-state index contributed by atoms with van der Waals surface area (Å²) in [5.41, 5.74) is -0.486. The molecule has 17 heteroatoms. The highest BCUT2D eigenvalue weighted by Crippen LogP contribution is 2.40. The van der Waals surface area contributed by atoms with Gasteiger partial charge in [0.1, 0.15) is 11.4 Å². The van der Waals surface area contributed by atoms with Gasteiger partial charge in [-0.25, -0.2) is 19.0 Å². The molecule has 3 atom stereocenters. The molecule has 0 radical (unpaired) electrons. The number of ether oxygens (including phenoxy) is 2. The van der Waals surface area contributed by atoms with Crippen LogP contribution in [-0.2, 0) is 59.4 Å². The standard InChI is InChI=1S/C49H52FN5O11/c1-28-51-36-24-32-19-20-37(34(32)25-35(36)44(59)55(28)27-66-47(64)48(2,3)4)54(5)38-14-10-13-33(41(38)50)43(58)53-49(46(62)63,26-30-11-8-7-9-12-30)22-21-39(56)52-42(45(60)61)31-17-15-29(16-18-31)23-40(57)65-6/h7-18,24-25,37,42H,19-23,26-27H2,1-6H3,(H,52,56)(H,53,58)(H,60,61)(H,62,63)/t37?,42?,49-/m1/s1. The highest BCUT2D eigenvalue weighted by Gasteiger charge is 2.42. The molecule has 346 valence electrons. The second kappa shape index (κ2) is 19.8. The summed E-state index contributed by atoms with van der Waals surface area (Å²) in [6.07, 6.45) is -0.310. The number of carbonyl (C=O) groups excluding carboxylic acids is 4. The first kappa shape index (κ1) is 48.0. The van der Waals surface area contributed by atoms with Gasteiger partial charge in [0, 0.05) is 19.9 Å². The molecule has 0 spiro atoms. The third kappa shape index (κ3) is 10.6. The van der Waals surface area contributed by atoms with E-state index in [0.29, 0.717) is 35.3 Å². The van der Waals surface area contributed by atoms with Gasteiger partial charge in [-0.2, -0.15) is 0 Å². The van der Waals surface area contributed by atoms with E-state index in [0.717, 1.165) is 11.1 Å². The Hall–Kier alpha value is -7.43. The van der Waals surface area contributed by atoms with Gasteiger partial charge in [0.2, 0.25) is 5.91 Å². The van der Waals surface area contributed by atoms with E-state index in [2.05, 4.69) is 20.4 Å². The summed E-state index contributed by atoms with van der Waals surface area (Å²) in [4.78, 5) is 97.4. The number of esters is 2. The minimum absolute atomic E-state index is 0.0236. The number of rotatable bonds is 17. The highest BCUT2D eigenvalue weighted by molar-refractivity contribution is 5.99. The van der Waals surface area contributed by atoms with E-state index < -0.39 is 88.5 Å². The molecule has 4 aromatic carbocycles. The van der Waals surface area contributed by atoms with Crippen LogP contribution in [0, 0.1) is 18.2 Å². The second-order valence-electron chi connectivity index (χ2n) is 17.4. The van der Waals surface area contributed by atoms with Crippen LogP contribution < -0.4 is 21.1 Å². The fourth-order valence-corrected chi connectivity index (χ4v) is 8.02. The van der Waals surface area contributed by atoms with Gasteiger partial charge in [0.25, 0.3) is 11.5 Å². The molecule has 4 N–H and O–H groups in total. The van der Waals surface area contributed by atoms with Crippen LogP contribution in [0.4, 0.5) is 10.1 Å². The molecule has 0 aliphatic heterocycles. The summed E-state index contributed by atoms with van der Waals surface area (Å²) in [7, 11) is 2.89. The SMILES string of the molecule is COC(=O)Cc1ccc(C(NC(=O)CC[C@](Cc2ccccc2)(NC(=O)c2cccc(N(C)C3CCc4cc5nc(C)n(COC(=O)C(C)(C)C)c(=O)c5cc43)c2F)C(=O)O)C(=O)O)cc1. The fraction of sp³-hybridized carbons (Fsp3) is 0.347. The quantitative estimate of drug-likeness (QED) is 0.0818. The van der Waals surface area contributed by atoms with Crippen LogP contribution in [0.5, 0.6) is 0 Å². The lowest BCUT2D eigenvalue weighted by Crippen LogP contribution is -2.56. The number of methoxy groups -OCH3 is 1. The van der Waals surface area contributed by atoms with E-state index in [1.807, 2.05) is 6.07 Å². The zero-order valence-electron chi connectivity index (χ0n) is 37.5. The number of carboxylic acid groups (broad SMARTS) is 2. The first-order valence-corrected chi connectivity index (χ1v) is 21.2. The molecule has 1 heterocycles. The molecule has 1 aromatic heterocycles. The summed E-state index contributed by atoms with van der Waals surface area (Å²) in [6.45, 7) is 6.44. The summed E-state index contributed by atoms with van der Waals surface area (Å²) >= 11 is 0. The third-order valence-corrected chi connectivity index (χ3v) is 11.8. The number of aromatic nitrogens is 2. The van der Waals surface area contributed by atoms with Crippen LogP contribution in [0.2, 0.25) is 0 Å². The van der Waals surface area contributed by atoms with Crippen molar-refractivity contribution in [3.05, 3.63) is 140 Å². The minimum Gasteiger partial charge on any atom is -0.479 e. The Labute approximate surface area is 379 Å². The third-order valence-electron chi connectivity index (χ3n) is 11.8. The average Bonchev–Trinajstić information content (AvgIpc) is 3.69. The zero-order chi connectivity index (χ0) is 48.1. The van der Waals surface area contributed by atoms with Gasteiger partial charge in [-0.3, -0.25) is 28.5 Å². The van der Waals surface area contributed by atoms with Crippen LogP contribution in [0.3, 0.4) is 0 Å². The number of carbonyl (C=O) groups is 6.